The van der Waals surface area contributed by atoms with Crippen LogP contribution in [0.3, 0.4) is 0 Å². The van der Waals surface area contributed by atoms with Gasteiger partial charge in [0.2, 0.25) is 0 Å². The molecule has 0 N–H and O–H groups in total. The lowest BCUT2D eigenvalue weighted by Gasteiger charge is -2.05. The van der Waals surface area contributed by atoms with Crippen LogP contribution in [0.1, 0.15) is 27.0 Å². The third-order valence-corrected chi connectivity index (χ3v) is 4.84. The molecule has 7 heteroatoms. The zero-order valence-corrected chi connectivity index (χ0v) is 17.5. The number of hydrogen-bond donors (Lipinski definition) is 0. The highest BCUT2D eigenvalue weighted by Gasteiger charge is 2.13. The summed E-state index contributed by atoms with van der Waals surface area (Å²) in [7, 11) is 0. The Labute approximate surface area is 190 Å². The average molecular weight is 437 g/mol. The number of nitro benzene ring substituents is 1. The van der Waals surface area contributed by atoms with Gasteiger partial charge in [-0.3, -0.25) is 20.1 Å². The fourth-order valence-electron chi connectivity index (χ4n) is 3.12. The standard InChI is InChI=1S/C26H19N3O4/c30-26(22-2-1-3-24(17-22)29(31)32)33-25-10-6-21(7-11-25)18-28-23-8-4-19(5-9-23)16-20-12-14-27-15-13-20/h1-15,17-18H,16H2. The second-order valence-corrected chi connectivity index (χ2v) is 7.22. The number of nitrogens with zero attached hydrogens (tertiary/aromatic N) is 3. The first-order valence-electron chi connectivity index (χ1n) is 10.2. The predicted molar refractivity (Wildman–Crippen MR) is 125 cm³/mol. The van der Waals surface area contributed by atoms with Crippen molar-refractivity contribution in [2.75, 3.05) is 0 Å². The van der Waals surface area contributed by atoms with E-state index in [4.69, 9.17) is 4.74 Å². The van der Waals surface area contributed by atoms with Crippen LogP contribution < -0.4 is 4.74 Å². The third-order valence-electron chi connectivity index (χ3n) is 4.84. The first kappa shape index (κ1) is 21.6. The fourth-order valence-corrected chi connectivity index (χ4v) is 3.12. The molecule has 0 saturated heterocycles. The molecular formula is C26H19N3O4. The molecule has 0 atom stereocenters. The van der Waals surface area contributed by atoms with Crippen molar-refractivity contribution in [1.29, 1.82) is 0 Å². The van der Waals surface area contributed by atoms with Crippen molar-refractivity contribution in [2.24, 2.45) is 4.99 Å². The molecule has 1 heterocycles. The van der Waals surface area contributed by atoms with E-state index in [1.807, 2.05) is 36.4 Å². The zero-order valence-electron chi connectivity index (χ0n) is 17.5. The summed E-state index contributed by atoms with van der Waals surface area (Å²) in [6, 6.07) is 24.3. The van der Waals surface area contributed by atoms with Gasteiger partial charge in [-0.05, 0) is 77.7 Å². The van der Waals surface area contributed by atoms with Crippen molar-refractivity contribution in [3.8, 4) is 5.75 Å². The Morgan fingerprint density at radius 3 is 2.33 bits per heavy atom. The minimum atomic E-state index is -0.660. The third kappa shape index (κ3) is 5.95. The lowest BCUT2D eigenvalue weighted by atomic mass is 10.1. The van der Waals surface area contributed by atoms with Crippen LogP contribution >= 0.6 is 0 Å². The molecule has 1 aromatic heterocycles. The second kappa shape index (κ2) is 10.1. The molecule has 0 radical (unpaired) electrons. The fraction of sp³-hybridized carbons (Fsp3) is 0.0385. The van der Waals surface area contributed by atoms with Crippen molar-refractivity contribution in [3.63, 3.8) is 0 Å². The van der Waals surface area contributed by atoms with Crippen LogP contribution in [-0.4, -0.2) is 22.1 Å². The molecule has 33 heavy (non-hydrogen) atoms. The lowest BCUT2D eigenvalue weighted by molar-refractivity contribution is -0.384. The molecule has 4 aromatic rings. The molecule has 0 saturated carbocycles. The normalized spacial score (nSPS) is 10.8. The Balaban J connectivity index is 1.36. The summed E-state index contributed by atoms with van der Waals surface area (Å²) in [5, 5.41) is 10.9. The van der Waals surface area contributed by atoms with E-state index in [0.717, 1.165) is 17.7 Å². The molecule has 0 spiro atoms. The summed E-state index contributed by atoms with van der Waals surface area (Å²) in [4.78, 5) is 31.1. The van der Waals surface area contributed by atoms with Crippen LogP contribution in [-0.2, 0) is 6.42 Å². The molecule has 0 aliphatic carbocycles. The molecular weight excluding hydrogens is 418 g/mol. The van der Waals surface area contributed by atoms with E-state index in [-0.39, 0.29) is 11.3 Å². The van der Waals surface area contributed by atoms with Crippen LogP contribution in [0.5, 0.6) is 5.75 Å². The number of nitro groups is 1. The second-order valence-electron chi connectivity index (χ2n) is 7.22. The number of benzene rings is 3. The van der Waals surface area contributed by atoms with E-state index >= 15 is 0 Å². The number of rotatable bonds is 7. The van der Waals surface area contributed by atoms with Gasteiger partial charge in [-0.1, -0.05) is 18.2 Å². The van der Waals surface area contributed by atoms with Crippen LogP contribution in [0.25, 0.3) is 0 Å². The summed E-state index contributed by atoms with van der Waals surface area (Å²) in [5.41, 5.74) is 4.01. The summed E-state index contributed by atoms with van der Waals surface area (Å²) >= 11 is 0. The zero-order chi connectivity index (χ0) is 23.0. The number of non-ortho nitro benzene ring substituents is 1. The lowest BCUT2D eigenvalue weighted by Crippen LogP contribution is -2.08. The highest BCUT2D eigenvalue weighted by Crippen LogP contribution is 2.19. The molecule has 0 fully saturated rings. The molecule has 162 valence electrons. The van der Waals surface area contributed by atoms with Gasteiger partial charge in [0, 0.05) is 30.7 Å². The quantitative estimate of drug-likeness (QED) is 0.124. The van der Waals surface area contributed by atoms with Gasteiger partial charge in [0.05, 0.1) is 16.2 Å². The highest BCUT2D eigenvalue weighted by molar-refractivity contribution is 5.92. The molecule has 0 unspecified atom stereocenters. The number of hydrogen-bond acceptors (Lipinski definition) is 6. The molecule has 0 amide bonds. The minimum Gasteiger partial charge on any atom is -0.423 e. The Morgan fingerprint density at radius 1 is 0.939 bits per heavy atom. The van der Waals surface area contributed by atoms with Gasteiger partial charge in [0.25, 0.3) is 5.69 Å². The van der Waals surface area contributed by atoms with Crippen LogP contribution in [0.4, 0.5) is 11.4 Å². The van der Waals surface area contributed by atoms with Gasteiger partial charge in [-0.25, -0.2) is 4.79 Å². The van der Waals surface area contributed by atoms with E-state index in [1.165, 1.54) is 35.4 Å². The largest absolute Gasteiger partial charge is 0.423 e. The van der Waals surface area contributed by atoms with Crippen molar-refractivity contribution in [3.05, 3.63) is 130 Å². The highest BCUT2D eigenvalue weighted by atomic mass is 16.6. The van der Waals surface area contributed by atoms with Crippen molar-refractivity contribution >= 4 is 23.6 Å². The molecule has 0 bridgehead atoms. The van der Waals surface area contributed by atoms with Crippen LogP contribution in [0.2, 0.25) is 0 Å². The number of pyridine rings is 1. The average Bonchev–Trinajstić information content (AvgIpc) is 2.85. The van der Waals surface area contributed by atoms with Crippen molar-refractivity contribution < 1.29 is 14.5 Å². The first-order valence-corrected chi connectivity index (χ1v) is 10.2. The Morgan fingerprint density at radius 2 is 1.64 bits per heavy atom. The summed E-state index contributed by atoms with van der Waals surface area (Å²) < 4.78 is 5.30. The Bertz CT molecular complexity index is 1290. The summed E-state index contributed by atoms with van der Waals surface area (Å²) in [6.45, 7) is 0. The number of carbonyl (C=O) groups is 1. The monoisotopic (exact) mass is 437 g/mol. The summed E-state index contributed by atoms with van der Waals surface area (Å²) in [5.74, 6) is -0.323. The van der Waals surface area contributed by atoms with Crippen molar-refractivity contribution in [1.82, 2.24) is 4.98 Å². The van der Waals surface area contributed by atoms with Gasteiger partial charge < -0.3 is 4.74 Å². The number of aliphatic imine (C=N–C) groups is 1. The van der Waals surface area contributed by atoms with Gasteiger partial charge in [0.1, 0.15) is 5.75 Å². The molecule has 0 aliphatic heterocycles. The topological polar surface area (TPSA) is 94.7 Å². The maximum Gasteiger partial charge on any atom is 0.343 e. The Hall–Kier alpha value is -4.65. The predicted octanol–water partition coefficient (Wildman–Crippen LogP) is 5.55. The van der Waals surface area contributed by atoms with Gasteiger partial charge in [-0.2, -0.15) is 0 Å². The number of esters is 1. The minimum absolute atomic E-state index is 0.113. The summed E-state index contributed by atoms with van der Waals surface area (Å²) in [6.07, 6.45) is 6.13. The Kier molecular flexibility index (Phi) is 6.61. The number of aromatic nitrogens is 1. The molecule has 7 nitrogen and oxygen atoms in total. The van der Waals surface area contributed by atoms with Crippen LogP contribution in [0.15, 0.2) is 102 Å². The number of ether oxygens (including phenoxy) is 1. The van der Waals surface area contributed by atoms with E-state index in [0.29, 0.717) is 5.75 Å². The van der Waals surface area contributed by atoms with Crippen molar-refractivity contribution in [2.45, 2.75) is 6.42 Å². The SMILES string of the molecule is O=C(Oc1ccc(C=Nc2ccc(Cc3ccncc3)cc2)cc1)c1cccc([N+](=O)[O-])c1. The van der Waals surface area contributed by atoms with Gasteiger partial charge in [0.15, 0.2) is 0 Å². The van der Waals surface area contributed by atoms with E-state index in [1.54, 1.807) is 42.9 Å². The molecule has 3 aromatic carbocycles. The van der Waals surface area contributed by atoms with E-state index in [2.05, 4.69) is 9.98 Å². The van der Waals surface area contributed by atoms with E-state index < -0.39 is 10.9 Å². The maximum atomic E-state index is 12.3. The smallest absolute Gasteiger partial charge is 0.343 e. The van der Waals surface area contributed by atoms with Gasteiger partial charge >= 0.3 is 5.97 Å². The van der Waals surface area contributed by atoms with Crippen LogP contribution in [0, 0.1) is 10.1 Å². The first-order chi connectivity index (χ1) is 16.1. The van der Waals surface area contributed by atoms with Gasteiger partial charge in [-0.15, -0.1) is 0 Å². The number of carbonyl (C=O) groups excluding carboxylic acids is 1. The molecule has 4 rings (SSSR count). The molecule has 0 aliphatic rings. The van der Waals surface area contributed by atoms with E-state index in [9.17, 15) is 14.9 Å². The maximum absolute atomic E-state index is 12.3.